The lowest BCUT2D eigenvalue weighted by Gasteiger charge is -2.18. The molecule has 1 aromatic rings. The maximum Gasteiger partial charge on any atom is 0.124 e. The summed E-state index contributed by atoms with van der Waals surface area (Å²) in [7, 11) is 0. The Labute approximate surface area is 111 Å². The van der Waals surface area contributed by atoms with Crippen LogP contribution in [0, 0.1) is 0 Å². The molecule has 3 nitrogen and oxygen atoms in total. The van der Waals surface area contributed by atoms with Crippen LogP contribution in [-0.4, -0.2) is 24.9 Å². The lowest BCUT2D eigenvalue weighted by molar-refractivity contribution is 0.232. The molecule has 0 saturated heterocycles. The van der Waals surface area contributed by atoms with Gasteiger partial charge in [0, 0.05) is 29.1 Å². The largest absolute Gasteiger partial charge is 0.493 e. The van der Waals surface area contributed by atoms with Crippen LogP contribution in [0.25, 0.3) is 0 Å². The zero-order valence-electron chi connectivity index (χ0n) is 10.4. The smallest absolute Gasteiger partial charge is 0.124 e. The van der Waals surface area contributed by atoms with Gasteiger partial charge in [0.05, 0.1) is 6.61 Å². The molecule has 0 radical (unpaired) electrons. The molecular formula is C13H20BrNO2. The van der Waals surface area contributed by atoms with Crippen LogP contribution in [0.5, 0.6) is 5.75 Å². The van der Waals surface area contributed by atoms with Gasteiger partial charge in [0.1, 0.15) is 5.75 Å². The summed E-state index contributed by atoms with van der Waals surface area (Å²) >= 11 is 3.47. The highest BCUT2D eigenvalue weighted by Crippen LogP contribution is 2.28. The van der Waals surface area contributed by atoms with E-state index in [-0.39, 0.29) is 12.6 Å². The quantitative estimate of drug-likeness (QED) is 0.761. The van der Waals surface area contributed by atoms with E-state index in [4.69, 9.17) is 9.84 Å². The highest BCUT2D eigenvalue weighted by atomic mass is 79.9. The molecule has 0 amide bonds. The van der Waals surface area contributed by atoms with Crippen molar-refractivity contribution in [3.8, 4) is 5.75 Å². The summed E-state index contributed by atoms with van der Waals surface area (Å²) in [4.78, 5) is 0. The van der Waals surface area contributed by atoms with Crippen molar-refractivity contribution in [2.24, 2.45) is 0 Å². The Bertz CT molecular complexity index is 344. The van der Waals surface area contributed by atoms with Crippen LogP contribution in [0.4, 0.5) is 0 Å². The number of ether oxygens (including phenoxy) is 1. The van der Waals surface area contributed by atoms with E-state index < -0.39 is 0 Å². The molecule has 0 aliphatic heterocycles. The van der Waals surface area contributed by atoms with Gasteiger partial charge in [-0.1, -0.05) is 22.9 Å². The number of hydrogen-bond donors (Lipinski definition) is 2. The van der Waals surface area contributed by atoms with Gasteiger partial charge in [0.15, 0.2) is 0 Å². The fourth-order valence-corrected chi connectivity index (χ4v) is 2.03. The Kier molecular flexibility index (Phi) is 6.55. The summed E-state index contributed by atoms with van der Waals surface area (Å²) in [6.07, 6.45) is 0.658. The van der Waals surface area contributed by atoms with E-state index in [1.54, 1.807) is 0 Å². The van der Waals surface area contributed by atoms with Crippen LogP contribution < -0.4 is 10.1 Å². The van der Waals surface area contributed by atoms with Crippen LogP contribution in [0.15, 0.2) is 22.7 Å². The van der Waals surface area contributed by atoms with Crippen LogP contribution in [0.1, 0.15) is 31.9 Å². The molecule has 4 heteroatoms. The van der Waals surface area contributed by atoms with Crippen LogP contribution >= 0.6 is 15.9 Å². The van der Waals surface area contributed by atoms with E-state index >= 15 is 0 Å². The molecule has 1 unspecified atom stereocenters. The van der Waals surface area contributed by atoms with Crippen LogP contribution in [0.2, 0.25) is 0 Å². The number of halogens is 1. The number of aliphatic hydroxyl groups is 1. The van der Waals surface area contributed by atoms with E-state index in [0.717, 1.165) is 22.3 Å². The molecule has 1 atom stereocenters. The van der Waals surface area contributed by atoms with Gasteiger partial charge in [-0.25, -0.2) is 0 Å². The predicted molar refractivity (Wildman–Crippen MR) is 73.4 cm³/mol. The number of rotatable bonds is 7. The molecule has 0 aromatic heterocycles. The van der Waals surface area contributed by atoms with E-state index in [1.807, 2.05) is 12.1 Å². The second-order valence-electron chi connectivity index (χ2n) is 3.89. The van der Waals surface area contributed by atoms with Crippen molar-refractivity contribution >= 4 is 15.9 Å². The first-order valence-electron chi connectivity index (χ1n) is 5.95. The number of benzene rings is 1. The van der Waals surface area contributed by atoms with Gasteiger partial charge in [-0.05, 0) is 31.7 Å². The normalized spacial score (nSPS) is 12.5. The fraction of sp³-hybridized carbons (Fsp3) is 0.538. The molecule has 0 bridgehead atoms. The van der Waals surface area contributed by atoms with E-state index in [9.17, 15) is 0 Å². The maximum absolute atomic E-state index is 8.75. The zero-order chi connectivity index (χ0) is 12.7. The number of nitrogens with one attached hydrogen (secondary N) is 1. The molecule has 0 spiro atoms. The Balaban J connectivity index is 2.79. The van der Waals surface area contributed by atoms with Gasteiger partial charge in [-0.2, -0.15) is 0 Å². The second-order valence-corrected chi connectivity index (χ2v) is 4.80. The molecule has 0 aliphatic carbocycles. The third-order valence-electron chi connectivity index (χ3n) is 2.51. The third-order valence-corrected chi connectivity index (χ3v) is 3.00. The summed E-state index contributed by atoms with van der Waals surface area (Å²) in [5, 5.41) is 12.1. The Morgan fingerprint density at radius 1 is 1.47 bits per heavy atom. The molecule has 1 rings (SSSR count). The molecule has 96 valence electrons. The Hall–Kier alpha value is -0.580. The first kappa shape index (κ1) is 14.5. The van der Waals surface area contributed by atoms with Crippen molar-refractivity contribution in [1.29, 1.82) is 0 Å². The van der Waals surface area contributed by atoms with Gasteiger partial charge in [0.25, 0.3) is 0 Å². The minimum absolute atomic E-state index is 0.161. The number of aliphatic hydroxyl groups excluding tert-OH is 1. The van der Waals surface area contributed by atoms with Crippen LogP contribution in [-0.2, 0) is 0 Å². The highest BCUT2D eigenvalue weighted by Gasteiger charge is 2.11. The average Bonchev–Trinajstić information content (AvgIpc) is 2.31. The summed E-state index contributed by atoms with van der Waals surface area (Å²) in [6, 6.07) is 6.25. The van der Waals surface area contributed by atoms with Gasteiger partial charge >= 0.3 is 0 Å². The molecule has 1 aromatic carbocycles. The molecular weight excluding hydrogens is 282 g/mol. The van der Waals surface area contributed by atoms with Crippen molar-refractivity contribution in [1.82, 2.24) is 5.32 Å². The maximum atomic E-state index is 8.75. The van der Waals surface area contributed by atoms with Crippen molar-refractivity contribution in [3.05, 3.63) is 28.2 Å². The molecule has 2 N–H and O–H groups in total. The van der Waals surface area contributed by atoms with E-state index in [2.05, 4.69) is 41.2 Å². The lowest BCUT2D eigenvalue weighted by Crippen LogP contribution is -2.18. The summed E-state index contributed by atoms with van der Waals surface area (Å²) < 4.78 is 6.73. The molecule has 0 fully saturated rings. The summed E-state index contributed by atoms with van der Waals surface area (Å²) in [5.74, 6) is 0.884. The molecule has 0 heterocycles. The van der Waals surface area contributed by atoms with Crippen molar-refractivity contribution in [2.45, 2.75) is 26.3 Å². The highest BCUT2D eigenvalue weighted by molar-refractivity contribution is 9.10. The van der Waals surface area contributed by atoms with Crippen LogP contribution in [0.3, 0.4) is 0 Å². The van der Waals surface area contributed by atoms with Gasteiger partial charge in [-0.15, -0.1) is 0 Å². The average molecular weight is 302 g/mol. The standard InChI is InChI=1S/C13H20BrNO2/c1-3-15-10(2)12-9-11(14)5-6-13(12)17-8-4-7-16/h5-6,9-10,15-16H,3-4,7-8H2,1-2H3. The van der Waals surface area contributed by atoms with E-state index in [1.165, 1.54) is 0 Å². The summed E-state index contributed by atoms with van der Waals surface area (Å²) in [6.45, 7) is 5.83. The fourth-order valence-electron chi connectivity index (χ4n) is 1.65. The number of hydrogen-bond acceptors (Lipinski definition) is 3. The second kappa shape index (κ2) is 7.69. The molecule has 0 aliphatic rings. The van der Waals surface area contributed by atoms with Gasteiger partial charge < -0.3 is 15.2 Å². The van der Waals surface area contributed by atoms with Crippen molar-refractivity contribution in [2.75, 3.05) is 19.8 Å². The SMILES string of the molecule is CCNC(C)c1cc(Br)ccc1OCCCO. The predicted octanol–water partition coefficient (Wildman–Crippen LogP) is 2.88. The summed E-state index contributed by atoms with van der Waals surface area (Å²) in [5.41, 5.74) is 1.14. The topological polar surface area (TPSA) is 41.5 Å². The Morgan fingerprint density at radius 2 is 2.24 bits per heavy atom. The monoisotopic (exact) mass is 301 g/mol. The third kappa shape index (κ3) is 4.66. The Morgan fingerprint density at radius 3 is 2.88 bits per heavy atom. The molecule has 17 heavy (non-hydrogen) atoms. The first-order valence-corrected chi connectivity index (χ1v) is 6.74. The lowest BCUT2D eigenvalue weighted by atomic mass is 10.1. The van der Waals surface area contributed by atoms with Gasteiger partial charge in [0.2, 0.25) is 0 Å². The first-order chi connectivity index (χ1) is 8.19. The van der Waals surface area contributed by atoms with Crippen molar-refractivity contribution < 1.29 is 9.84 Å². The van der Waals surface area contributed by atoms with Gasteiger partial charge in [-0.3, -0.25) is 0 Å². The van der Waals surface area contributed by atoms with E-state index in [0.29, 0.717) is 13.0 Å². The van der Waals surface area contributed by atoms with Crippen molar-refractivity contribution in [3.63, 3.8) is 0 Å². The molecule has 0 saturated carbocycles. The minimum Gasteiger partial charge on any atom is -0.493 e. The zero-order valence-corrected chi connectivity index (χ0v) is 12.0. The minimum atomic E-state index is 0.161.